The zero-order valence-electron chi connectivity index (χ0n) is 9.24. The molecule has 1 aromatic rings. The first kappa shape index (κ1) is 9.08. The number of fused-ring (bicyclic) bond motifs is 2. The second kappa shape index (κ2) is 3.16. The van der Waals surface area contributed by atoms with Crippen molar-refractivity contribution in [3.05, 3.63) is 23.8 Å². The van der Waals surface area contributed by atoms with E-state index in [4.69, 9.17) is 5.73 Å². The monoisotopic (exact) mass is 202 g/mol. The van der Waals surface area contributed by atoms with E-state index in [9.17, 15) is 0 Å². The van der Waals surface area contributed by atoms with Gasteiger partial charge in [-0.3, -0.25) is 0 Å². The van der Waals surface area contributed by atoms with Gasteiger partial charge in [0.25, 0.3) is 0 Å². The first-order chi connectivity index (χ1) is 7.25. The summed E-state index contributed by atoms with van der Waals surface area (Å²) >= 11 is 0. The third-order valence-corrected chi connectivity index (χ3v) is 4.00. The molecule has 2 saturated heterocycles. The van der Waals surface area contributed by atoms with E-state index in [1.54, 1.807) is 0 Å². The fourth-order valence-corrected chi connectivity index (χ4v) is 3.15. The van der Waals surface area contributed by atoms with Crippen LogP contribution in [0.4, 0.5) is 11.4 Å². The Balaban J connectivity index is 1.96. The van der Waals surface area contributed by atoms with Gasteiger partial charge >= 0.3 is 0 Å². The van der Waals surface area contributed by atoms with Gasteiger partial charge in [-0.2, -0.15) is 0 Å². The number of hydrogen-bond donors (Lipinski definition) is 1. The molecule has 15 heavy (non-hydrogen) atoms. The van der Waals surface area contributed by atoms with Gasteiger partial charge < -0.3 is 10.6 Å². The Hall–Kier alpha value is -1.18. The van der Waals surface area contributed by atoms with Gasteiger partial charge in [0.15, 0.2) is 0 Å². The smallest absolute Gasteiger partial charge is 0.0375 e. The predicted octanol–water partition coefficient (Wildman–Crippen LogP) is 2.71. The summed E-state index contributed by atoms with van der Waals surface area (Å²) in [5, 5.41) is 0. The van der Waals surface area contributed by atoms with Crippen molar-refractivity contribution in [1.82, 2.24) is 0 Å². The molecule has 0 saturated carbocycles. The molecule has 0 unspecified atom stereocenters. The summed E-state index contributed by atoms with van der Waals surface area (Å²) in [6, 6.07) is 8.07. The summed E-state index contributed by atoms with van der Waals surface area (Å²) < 4.78 is 0. The Morgan fingerprint density at radius 1 is 1.13 bits per heavy atom. The molecule has 1 aromatic carbocycles. The molecule has 2 aliphatic rings. The lowest BCUT2D eigenvalue weighted by atomic mass is 10.0. The molecule has 2 bridgehead atoms. The van der Waals surface area contributed by atoms with E-state index in [2.05, 4.69) is 24.0 Å². The van der Waals surface area contributed by atoms with E-state index in [1.165, 1.54) is 36.9 Å². The van der Waals surface area contributed by atoms with Gasteiger partial charge in [0, 0.05) is 23.5 Å². The number of hydrogen-bond acceptors (Lipinski definition) is 2. The zero-order chi connectivity index (χ0) is 10.4. The van der Waals surface area contributed by atoms with E-state index >= 15 is 0 Å². The molecule has 0 aromatic heterocycles. The minimum Gasteiger partial charge on any atom is -0.399 e. The standard InChI is InChI=1S/C13H18N2/c1-9-8-12(6-7-13(9)14)15-10-2-3-11(15)5-4-10/h6-8,10-11H,2-5,14H2,1H3. The van der Waals surface area contributed by atoms with Crippen molar-refractivity contribution in [2.75, 3.05) is 10.6 Å². The van der Waals surface area contributed by atoms with Gasteiger partial charge in [0.2, 0.25) is 0 Å². The molecular weight excluding hydrogens is 184 g/mol. The van der Waals surface area contributed by atoms with E-state index in [-0.39, 0.29) is 0 Å². The number of anilines is 2. The molecule has 2 nitrogen and oxygen atoms in total. The van der Waals surface area contributed by atoms with E-state index in [1.807, 2.05) is 6.07 Å². The van der Waals surface area contributed by atoms with Crippen LogP contribution in [0.1, 0.15) is 31.2 Å². The van der Waals surface area contributed by atoms with Crippen LogP contribution in [0.2, 0.25) is 0 Å². The highest BCUT2D eigenvalue weighted by Crippen LogP contribution is 2.41. The summed E-state index contributed by atoms with van der Waals surface area (Å²) in [5.41, 5.74) is 9.35. The highest BCUT2D eigenvalue weighted by molar-refractivity contribution is 5.60. The van der Waals surface area contributed by atoms with Crippen LogP contribution < -0.4 is 10.6 Å². The molecule has 2 heteroatoms. The van der Waals surface area contributed by atoms with Gasteiger partial charge in [-0.25, -0.2) is 0 Å². The molecule has 2 aliphatic heterocycles. The molecular formula is C13H18N2. The number of aryl methyl sites for hydroxylation is 1. The Morgan fingerprint density at radius 3 is 2.27 bits per heavy atom. The van der Waals surface area contributed by atoms with Gasteiger partial charge in [0.05, 0.1) is 0 Å². The Bertz CT molecular complexity index is 366. The van der Waals surface area contributed by atoms with Crippen LogP contribution in [0.15, 0.2) is 18.2 Å². The normalized spacial score (nSPS) is 28.7. The van der Waals surface area contributed by atoms with Crippen LogP contribution in [-0.4, -0.2) is 12.1 Å². The van der Waals surface area contributed by atoms with E-state index in [0.29, 0.717) is 0 Å². The first-order valence-electron chi connectivity index (χ1n) is 5.90. The molecule has 0 radical (unpaired) electrons. The zero-order valence-corrected chi connectivity index (χ0v) is 9.24. The maximum atomic E-state index is 5.85. The molecule has 2 N–H and O–H groups in total. The highest BCUT2D eigenvalue weighted by Gasteiger charge is 2.39. The lowest BCUT2D eigenvalue weighted by Crippen LogP contribution is -2.27. The number of rotatable bonds is 1. The third kappa shape index (κ3) is 1.31. The minimum atomic E-state index is 0.804. The molecule has 2 heterocycles. The van der Waals surface area contributed by atoms with Crippen molar-refractivity contribution in [1.29, 1.82) is 0 Å². The van der Waals surface area contributed by atoms with Crippen LogP contribution in [0.5, 0.6) is 0 Å². The maximum Gasteiger partial charge on any atom is 0.0375 e. The fourth-order valence-electron chi connectivity index (χ4n) is 3.15. The van der Waals surface area contributed by atoms with Gasteiger partial charge in [-0.05, 0) is 56.4 Å². The molecule has 3 rings (SSSR count). The summed E-state index contributed by atoms with van der Waals surface area (Å²) in [7, 11) is 0. The number of benzene rings is 1. The number of nitrogens with two attached hydrogens (primary N) is 1. The second-order valence-electron chi connectivity index (χ2n) is 4.91. The Kier molecular flexibility index (Phi) is 1.91. The Morgan fingerprint density at radius 2 is 1.73 bits per heavy atom. The van der Waals surface area contributed by atoms with Crippen LogP contribution in [-0.2, 0) is 0 Å². The van der Waals surface area contributed by atoms with Crippen molar-refractivity contribution >= 4 is 11.4 Å². The SMILES string of the molecule is Cc1cc(N2C3CCC2CC3)ccc1N. The fraction of sp³-hybridized carbons (Fsp3) is 0.538. The van der Waals surface area contributed by atoms with Crippen LogP contribution >= 0.6 is 0 Å². The number of nitrogens with zero attached hydrogens (tertiary/aromatic N) is 1. The van der Waals surface area contributed by atoms with Crippen molar-refractivity contribution in [2.24, 2.45) is 0 Å². The predicted molar refractivity (Wildman–Crippen MR) is 64.1 cm³/mol. The van der Waals surface area contributed by atoms with E-state index < -0.39 is 0 Å². The van der Waals surface area contributed by atoms with Crippen LogP contribution in [0.25, 0.3) is 0 Å². The number of nitrogen functional groups attached to an aromatic ring is 1. The van der Waals surface area contributed by atoms with Gasteiger partial charge in [-0.15, -0.1) is 0 Å². The molecule has 2 fully saturated rings. The van der Waals surface area contributed by atoms with E-state index in [0.717, 1.165) is 17.8 Å². The van der Waals surface area contributed by atoms with Crippen molar-refractivity contribution in [3.63, 3.8) is 0 Å². The summed E-state index contributed by atoms with van der Waals surface area (Å²) in [6.07, 6.45) is 5.53. The maximum absolute atomic E-state index is 5.85. The second-order valence-corrected chi connectivity index (χ2v) is 4.91. The molecule has 0 aliphatic carbocycles. The lowest BCUT2D eigenvalue weighted by Gasteiger charge is -2.25. The van der Waals surface area contributed by atoms with Crippen molar-refractivity contribution < 1.29 is 0 Å². The molecule has 0 amide bonds. The first-order valence-corrected chi connectivity index (χ1v) is 5.90. The van der Waals surface area contributed by atoms with Gasteiger partial charge in [0.1, 0.15) is 0 Å². The lowest BCUT2D eigenvalue weighted by molar-refractivity contribution is 0.576. The largest absolute Gasteiger partial charge is 0.399 e. The van der Waals surface area contributed by atoms with Crippen molar-refractivity contribution in [3.8, 4) is 0 Å². The molecule has 80 valence electrons. The average Bonchev–Trinajstić information content (AvgIpc) is 2.81. The van der Waals surface area contributed by atoms with Crippen molar-refractivity contribution in [2.45, 2.75) is 44.7 Å². The Labute approximate surface area is 91.1 Å². The van der Waals surface area contributed by atoms with Gasteiger partial charge in [-0.1, -0.05) is 0 Å². The quantitative estimate of drug-likeness (QED) is 0.709. The van der Waals surface area contributed by atoms with Crippen LogP contribution in [0, 0.1) is 6.92 Å². The summed E-state index contributed by atoms with van der Waals surface area (Å²) in [6.45, 7) is 2.09. The minimum absolute atomic E-state index is 0.804. The highest BCUT2D eigenvalue weighted by atomic mass is 15.2. The molecule has 0 atom stereocenters. The topological polar surface area (TPSA) is 29.3 Å². The molecule has 0 spiro atoms. The average molecular weight is 202 g/mol. The summed E-state index contributed by atoms with van der Waals surface area (Å²) in [4.78, 5) is 2.62. The third-order valence-electron chi connectivity index (χ3n) is 4.00. The van der Waals surface area contributed by atoms with Crippen LogP contribution in [0.3, 0.4) is 0 Å². The summed E-state index contributed by atoms with van der Waals surface area (Å²) in [5.74, 6) is 0.